The summed E-state index contributed by atoms with van der Waals surface area (Å²) in [4.78, 5) is 0. The van der Waals surface area contributed by atoms with Crippen molar-refractivity contribution in [1.82, 2.24) is 0 Å². The standard InChI is InChI=1S/2C8H8F2.2C8H9F.2C8H16.3C8H14.C8H10.2C7H14O.2C6H12O2/c2*1-5-3-7(9)6(2)8(10)4-5;2*1-6-3-4-7(2)8(9)5-6;6*1-7-3-5-8(2)6-4-7;2*1-6-3-4-7(2)8-5-6;2*1-5-3-7-6(2)8-4-5/h2*3-4H,1-2H3;2*3-5H,1-2H3;2*7-8H,3-6H2,1-2H3;2*3,8H,4-6H2,1-2H3;3,5,7-8H,4,6H2,1-2H3;3-6H,1-2H3;2*6-7H,3-5H2,1-2H3;2*5-6H,3-4H2,1-2H3. The molecule has 8 atom stereocenters. The van der Waals surface area contributed by atoms with E-state index in [1.807, 2.05) is 39.8 Å². The summed E-state index contributed by atoms with van der Waals surface area (Å²) in [5.41, 5.74) is 10.6. The van der Waals surface area contributed by atoms with E-state index in [0.717, 1.165) is 110 Å². The molecule has 5 aromatic carbocycles. The summed E-state index contributed by atoms with van der Waals surface area (Å²) in [6.45, 7) is 62.9. The van der Waals surface area contributed by atoms with Gasteiger partial charge in [0, 0.05) is 36.2 Å². The Morgan fingerprint density at radius 3 is 0.678 bits per heavy atom. The Morgan fingerprint density at radius 2 is 0.483 bits per heavy atom. The lowest BCUT2D eigenvalue weighted by Crippen LogP contribution is -2.27. The largest absolute Gasteiger partial charge is 0.378 e. The van der Waals surface area contributed by atoms with E-state index in [1.165, 1.54) is 190 Å². The Hall–Kier alpha value is -5.34. The number of aryl methyl sites for hydroxylation is 8. The van der Waals surface area contributed by atoms with Gasteiger partial charge in [0.1, 0.15) is 34.9 Å². The van der Waals surface area contributed by atoms with Crippen molar-refractivity contribution < 1.29 is 54.8 Å². The van der Waals surface area contributed by atoms with E-state index in [-0.39, 0.29) is 35.3 Å². The highest BCUT2D eigenvalue weighted by Gasteiger charge is 2.19. The Labute approximate surface area is 719 Å². The number of allylic oxidation sites excluding steroid dienone is 6. The van der Waals surface area contributed by atoms with Gasteiger partial charge in [-0.25, -0.2) is 26.3 Å². The second kappa shape index (κ2) is 63.6. The van der Waals surface area contributed by atoms with Crippen LogP contribution in [0.1, 0.15) is 309 Å². The fourth-order valence-corrected chi connectivity index (χ4v) is 13.1. The molecule has 4 saturated heterocycles. The average Bonchev–Trinajstić information content (AvgIpc) is 0.867. The third-order valence-electron chi connectivity index (χ3n) is 22.9. The molecule has 5 aromatic rings. The van der Waals surface area contributed by atoms with Crippen LogP contribution in [-0.2, 0) is 28.4 Å². The van der Waals surface area contributed by atoms with Gasteiger partial charge in [-0.15, -0.1) is 0 Å². The zero-order valence-corrected chi connectivity index (χ0v) is 79.7. The Bertz CT molecular complexity index is 3040. The van der Waals surface area contributed by atoms with Crippen molar-refractivity contribution in [2.24, 2.45) is 71.0 Å². The summed E-state index contributed by atoms with van der Waals surface area (Å²) in [7, 11) is 0. The van der Waals surface area contributed by atoms with Gasteiger partial charge in [-0.3, -0.25) is 0 Å². The molecule has 0 spiro atoms. The molecule has 4 aliphatic heterocycles. The van der Waals surface area contributed by atoms with Gasteiger partial charge in [-0.05, 0) is 317 Å². The monoisotopic (exact) mass is 1650 g/mol. The van der Waals surface area contributed by atoms with E-state index in [4.69, 9.17) is 28.4 Å². The molecule has 0 aromatic heterocycles. The van der Waals surface area contributed by atoms with Crippen molar-refractivity contribution in [3.63, 3.8) is 0 Å². The number of halogens is 6. The summed E-state index contributed by atoms with van der Waals surface area (Å²) in [5.74, 6) is 8.26. The Kier molecular flexibility index (Phi) is 59.6. The lowest BCUT2D eigenvalue weighted by molar-refractivity contribution is -0.187. The summed E-state index contributed by atoms with van der Waals surface area (Å²) >= 11 is 0. The smallest absolute Gasteiger partial charge is 0.154 e. The highest BCUT2D eigenvalue weighted by Crippen LogP contribution is 2.30. The van der Waals surface area contributed by atoms with Crippen LogP contribution in [0.15, 0.2) is 120 Å². The predicted octanol–water partition coefficient (Wildman–Crippen LogP) is 31.8. The van der Waals surface area contributed by atoms with Crippen LogP contribution in [0.5, 0.6) is 0 Å². The second-order valence-corrected chi connectivity index (χ2v) is 37.2. The molecule has 6 nitrogen and oxygen atoms in total. The van der Waals surface area contributed by atoms with Crippen LogP contribution in [0.4, 0.5) is 26.3 Å². The van der Waals surface area contributed by atoms with Crippen LogP contribution in [0.2, 0.25) is 0 Å². The van der Waals surface area contributed by atoms with Crippen molar-refractivity contribution in [2.45, 2.75) is 347 Å². The van der Waals surface area contributed by atoms with Gasteiger partial charge in [0.05, 0.1) is 38.6 Å². The molecule has 14 rings (SSSR count). The van der Waals surface area contributed by atoms with Gasteiger partial charge in [0.2, 0.25) is 0 Å². The van der Waals surface area contributed by atoms with Crippen LogP contribution < -0.4 is 0 Å². The molecule has 118 heavy (non-hydrogen) atoms. The first-order chi connectivity index (χ1) is 55.5. The second-order valence-electron chi connectivity index (χ2n) is 37.2. The van der Waals surface area contributed by atoms with Crippen LogP contribution in [0, 0.1) is 175 Å². The molecular formula is C106H170F6O6. The van der Waals surface area contributed by atoms with Crippen molar-refractivity contribution in [3.05, 3.63) is 211 Å². The van der Waals surface area contributed by atoms with E-state index in [9.17, 15) is 26.3 Å². The summed E-state index contributed by atoms with van der Waals surface area (Å²) in [6.07, 6.45) is 38.3. The minimum Gasteiger partial charge on any atom is -0.378 e. The summed E-state index contributed by atoms with van der Waals surface area (Å²) < 4.78 is 107. The normalized spacial score (nSPS) is 26.6. The third kappa shape index (κ3) is 57.1. The Balaban J connectivity index is 0.000000636. The first kappa shape index (κ1) is 111. The maximum atomic E-state index is 12.6. The fraction of sp³-hybridized carbons (Fsp3) is 0.660. The SMILES string of the molecule is CC1=CCC(C)CC1.CC1=CCC(C)CC1.CC1C=CC(C)CC1.CC1CCC(C)CC1.CC1CCC(C)CC1.CC1CCC(C)OC1.CC1CCC(C)OC1.CC1COC(C)OC1.CC1COC(C)OC1.Cc1cc(F)c(C)c(F)c1.Cc1cc(F)c(C)c(F)c1.Cc1ccc(C)c(F)c1.Cc1ccc(C)c(F)c1.Cc1ccc(C)cc1. The number of ether oxygens (including phenoxy) is 6. The molecule has 6 fully saturated rings. The van der Waals surface area contributed by atoms with Gasteiger partial charge in [0.25, 0.3) is 0 Å². The van der Waals surface area contributed by atoms with E-state index < -0.39 is 23.3 Å². The topological polar surface area (TPSA) is 55.4 Å². The lowest BCUT2D eigenvalue weighted by atomic mass is 9.84. The van der Waals surface area contributed by atoms with Crippen molar-refractivity contribution in [2.75, 3.05) is 39.6 Å². The quantitative estimate of drug-likeness (QED) is 0.114. The van der Waals surface area contributed by atoms with Gasteiger partial charge in [0.15, 0.2) is 12.6 Å². The highest BCUT2D eigenvalue weighted by atomic mass is 19.2. The van der Waals surface area contributed by atoms with Gasteiger partial charge >= 0.3 is 0 Å². The number of hydrogen-bond donors (Lipinski definition) is 0. The maximum Gasteiger partial charge on any atom is 0.154 e. The zero-order chi connectivity index (χ0) is 89.0. The van der Waals surface area contributed by atoms with E-state index in [2.05, 4.69) is 173 Å². The van der Waals surface area contributed by atoms with Gasteiger partial charge < -0.3 is 28.4 Å². The molecule has 0 amide bonds. The van der Waals surface area contributed by atoms with E-state index in [0.29, 0.717) is 46.3 Å². The van der Waals surface area contributed by atoms with Crippen LogP contribution in [-0.4, -0.2) is 64.4 Å². The molecular weight excluding hydrogens is 1480 g/mol. The van der Waals surface area contributed by atoms with Gasteiger partial charge in [-0.1, -0.05) is 230 Å². The molecule has 0 radical (unpaired) electrons. The first-order valence-corrected chi connectivity index (χ1v) is 45.5. The average molecular weight is 1650 g/mol. The molecule has 672 valence electrons. The van der Waals surface area contributed by atoms with Gasteiger partial charge in [-0.2, -0.15) is 0 Å². The Morgan fingerprint density at radius 1 is 0.237 bits per heavy atom. The fourth-order valence-electron chi connectivity index (χ4n) is 13.1. The van der Waals surface area contributed by atoms with Crippen LogP contribution >= 0.6 is 0 Å². The molecule has 0 N–H and O–H groups in total. The van der Waals surface area contributed by atoms with E-state index >= 15 is 0 Å². The molecule has 2 saturated carbocycles. The van der Waals surface area contributed by atoms with Crippen LogP contribution in [0.25, 0.3) is 0 Å². The number of hydrogen-bond acceptors (Lipinski definition) is 6. The minimum absolute atomic E-state index is 0.0196. The minimum atomic E-state index is -0.475. The number of rotatable bonds is 0. The van der Waals surface area contributed by atoms with Crippen LogP contribution in [0.3, 0.4) is 0 Å². The highest BCUT2D eigenvalue weighted by molar-refractivity contribution is 5.26. The zero-order valence-electron chi connectivity index (χ0n) is 79.7. The van der Waals surface area contributed by atoms with E-state index in [1.54, 1.807) is 51.0 Å². The van der Waals surface area contributed by atoms with Crippen molar-refractivity contribution in [3.8, 4) is 0 Å². The lowest BCUT2D eigenvalue weighted by Gasteiger charge is -2.24. The maximum absolute atomic E-state index is 12.6. The first-order valence-electron chi connectivity index (χ1n) is 45.5. The number of benzene rings is 5. The summed E-state index contributed by atoms with van der Waals surface area (Å²) in [5, 5.41) is 0. The molecule has 9 aliphatic rings. The molecule has 8 unspecified atom stereocenters. The molecule has 4 heterocycles. The van der Waals surface area contributed by atoms with Crippen molar-refractivity contribution >= 4 is 0 Å². The summed E-state index contributed by atoms with van der Waals surface area (Å²) in [6, 6.07) is 24.2. The molecule has 5 aliphatic carbocycles. The van der Waals surface area contributed by atoms with Crippen molar-refractivity contribution in [1.29, 1.82) is 0 Å². The predicted molar refractivity (Wildman–Crippen MR) is 492 cm³/mol. The third-order valence-corrected chi connectivity index (χ3v) is 22.9. The molecule has 0 bridgehead atoms. The molecule has 12 heteroatoms.